The van der Waals surface area contributed by atoms with Gasteiger partial charge in [-0.2, -0.15) is 5.26 Å². The summed E-state index contributed by atoms with van der Waals surface area (Å²) in [5.74, 6) is 2.27. The molecule has 0 aromatic heterocycles. The lowest BCUT2D eigenvalue weighted by molar-refractivity contribution is 0.1000. The highest BCUT2D eigenvalue weighted by atomic mass is 16.1. The molecule has 1 amide bonds. The summed E-state index contributed by atoms with van der Waals surface area (Å²) in [5.41, 5.74) is 23.0. The largest absolute Gasteiger partial charge is 0.399 e. The monoisotopic (exact) mass is 521 g/mol. The first kappa shape index (κ1) is 27.5. The van der Waals surface area contributed by atoms with E-state index in [1.54, 1.807) is 12.1 Å². The van der Waals surface area contributed by atoms with Crippen molar-refractivity contribution in [3.05, 3.63) is 88.6 Å². The Hall–Kier alpha value is -4.53. The van der Waals surface area contributed by atoms with Crippen LogP contribution in [-0.2, 0) is 18.3 Å². The van der Waals surface area contributed by atoms with E-state index in [1.165, 1.54) is 0 Å². The average molecular weight is 522 g/mol. The topological polar surface area (TPSA) is 158 Å². The molecule has 1 saturated heterocycles. The van der Waals surface area contributed by atoms with Crippen molar-refractivity contribution in [2.45, 2.75) is 49.6 Å². The predicted octanol–water partition coefficient (Wildman–Crippen LogP) is 2.52. The van der Waals surface area contributed by atoms with E-state index in [2.05, 4.69) is 30.5 Å². The molecule has 8 N–H and O–H groups in total. The van der Waals surface area contributed by atoms with Crippen molar-refractivity contribution in [1.82, 2.24) is 10.2 Å². The molecule has 2 aromatic rings. The number of terminal acetylenes is 1. The van der Waals surface area contributed by atoms with Gasteiger partial charge in [-0.15, -0.1) is 6.42 Å². The Kier molecular flexibility index (Phi) is 7.80. The van der Waals surface area contributed by atoms with Crippen molar-refractivity contribution >= 4 is 17.4 Å². The van der Waals surface area contributed by atoms with E-state index in [9.17, 15) is 10.1 Å². The first-order valence-electron chi connectivity index (χ1n) is 13.0. The second-order valence-corrected chi connectivity index (χ2v) is 10.3. The zero-order valence-corrected chi connectivity index (χ0v) is 22.1. The standard InChI is InChI=1S/C31H35N7O/c1-4-25(37-18-19(2)38-13-5-6-26(38)17-32)16-31(30(35)36)27-11-9-21(20(3)33)14-22(27)7-8-23-15-24(29(34)39)10-12-28(23)31/h1,9-12,14-15,25-26,37H,2-3,5-8,13,16,18,33H2,(H2,34,39)(H3,35,36)/t25-,26?,31?/m1/s1. The smallest absolute Gasteiger partial charge is 0.248 e. The maximum Gasteiger partial charge on any atom is 0.248 e. The molecule has 1 aliphatic heterocycles. The van der Waals surface area contributed by atoms with Crippen LogP contribution in [-0.4, -0.2) is 41.8 Å². The second-order valence-electron chi connectivity index (χ2n) is 10.3. The summed E-state index contributed by atoms with van der Waals surface area (Å²) in [4.78, 5) is 14.0. The first-order chi connectivity index (χ1) is 18.6. The third kappa shape index (κ3) is 5.12. The van der Waals surface area contributed by atoms with E-state index in [0.717, 1.165) is 52.9 Å². The van der Waals surface area contributed by atoms with Gasteiger partial charge >= 0.3 is 0 Å². The average Bonchev–Trinajstić information content (AvgIpc) is 3.36. The number of fused-ring (bicyclic) bond motifs is 2. The lowest BCUT2D eigenvalue weighted by Crippen LogP contribution is -2.48. The number of nitrogens with zero attached hydrogens (tertiary/aromatic N) is 2. The van der Waals surface area contributed by atoms with Gasteiger partial charge in [0.1, 0.15) is 11.9 Å². The summed E-state index contributed by atoms with van der Waals surface area (Å²) in [5, 5.41) is 21.8. The van der Waals surface area contributed by atoms with Gasteiger partial charge in [0, 0.05) is 30.0 Å². The lowest BCUT2D eigenvalue weighted by atomic mass is 9.67. The van der Waals surface area contributed by atoms with Gasteiger partial charge in [0.2, 0.25) is 5.91 Å². The number of amidine groups is 1. The number of nitriles is 1. The molecule has 2 aliphatic rings. The fourth-order valence-corrected chi connectivity index (χ4v) is 5.94. The van der Waals surface area contributed by atoms with E-state index in [1.807, 2.05) is 29.2 Å². The number of benzene rings is 2. The molecule has 1 heterocycles. The number of carbonyl (C=O) groups is 1. The Morgan fingerprint density at radius 1 is 1.15 bits per heavy atom. The number of carbonyl (C=O) groups excluding carboxylic acids is 1. The maximum absolute atomic E-state index is 12.0. The van der Waals surface area contributed by atoms with Gasteiger partial charge in [0.15, 0.2) is 0 Å². The SMILES string of the molecule is C#C[C@H](CC1(C(=N)N)c2ccc(C(=C)N)cc2CCc2cc(C(N)=O)ccc21)NCC(=C)N1CCCC1C#N. The molecule has 1 fully saturated rings. The zero-order chi connectivity index (χ0) is 28.3. The fourth-order valence-electron chi connectivity index (χ4n) is 5.94. The van der Waals surface area contributed by atoms with Crippen molar-refractivity contribution in [2.24, 2.45) is 17.2 Å². The number of likely N-dealkylation sites (tertiary alicyclic amines) is 1. The van der Waals surface area contributed by atoms with Gasteiger partial charge in [-0.05, 0) is 78.1 Å². The molecule has 0 bridgehead atoms. The van der Waals surface area contributed by atoms with Crippen LogP contribution >= 0.6 is 0 Å². The van der Waals surface area contributed by atoms with E-state index in [0.29, 0.717) is 37.1 Å². The first-order valence-corrected chi connectivity index (χ1v) is 13.0. The van der Waals surface area contributed by atoms with Crippen LogP contribution in [0, 0.1) is 29.1 Å². The number of rotatable bonds is 9. The highest BCUT2D eigenvalue weighted by Crippen LogP contribution is 2.44. The molecule has 0 saturated carbocycles. The highest BCUT2D eigenvalue weighted by molar-refractivity contribution is 5.96. The Morgan fingerprint density at radius 2 is 1.77 bits per heavy atom. The lowest BCUT2D eigenvalue weighted by Gasteiger charge is -2.38. The van der Waals surface area contributed by atoms with Crippen LogP contribution in [0.5, 0.6) is 0 Å². The van der Waals surface area contributed by atoms with Crippen LogP contribution in [0.1, 0.15) is 57.4 Å². The van der Waals surface area contributed by atoms with Gasteiger partial charge in [-0.25, -0.2) is 0 Å². The third-order valence-corrected chi connectivity index (χ3v) is 7.98. The van der Waals surface area contributed by atoms with Crippen LogP contribution in [0.15, 0.2) is 55.3 Å². The predicted molar refractivity (Wildman–Crippen MR) is 154 cm³/mol. The summed E-state index contributed by atoms with van der Waals surface area (Å²) in [6.45, 7) is 9.25. The minimum absolute atomic E-state index is 0.0528. The van der Waals surface area contributed by atoms with Crippen LogP contribution in [0.3, 0.4) is 0 Å². The quantitative estimate of drug-likeness (QED) is 0.194. The zero-order valence-electron chi connectivity index (χ0n) is 22.1. The Morgan fingerprint density at radius 3 is 2.31 bits per heavy atom. The normalized spacial score (nSPS) is 20.5. The molecule has 3 atom stereocenters. The molecule has 8 nitrogen and oxygen atoms in total. The maximum atomic E-state index is 12.0. The van der Waals surface area contributed by atoms with Gasteiger partial charge in [0.05, 0.1) is 17.5 Å². The van der Waals surface area contributed by atoms with Crippen molar-refractivity contribution in [1.29, 1.82) is 10.7 Å². The molecular formula is C31H35N7O. The molecule has 39 heavy (non-hydrogen) atoms. The molecule has 2 unspecified atom stereocenters. The molecule has 0 radical (unpaired) electrons. The molecular weight excluding hydrogens is 486 g/mol. The fraction of sp³-hybridized carbons (Fsp3) is 0.323. The minimum Gasteiger partial charge on any atom is -0.399 e. The molecule has 0 spiro atoms. The van der Waals surface area contributed by atoms with E-state index < -0.39 is 17.4 Å². The number of nitrogens with one attached hydrogen (secondary N) is 2. The van der Waals surface area contributed by atoms with Gasteiger partial charge in [-0.1, -0.05) is 37.3 Å². The van der Waals surface area contributed by atoms with Crippen LogP contribution in [0.4, 0.5) is 0 Å². The van der Waals surface area contributed by atoms with Gasteiger partial charge < -0.3 is 22.1 Å². The van der Waals surface area contributed by atoms with Crippen LogP contribution in [0.25, 0.3) is 5.70 Å². The van der Waals surface area contributed by atoms with E-state index in [4.69, 9.17) is 29.0 Å². The molecule has 2 aromatic carbocycles. The second kappa shape index (κ2) is 11.1. The third-order valence-electron chi connectivity index (χ3n) is 7.98. The Bertz CT molecular complexity index is 1360. The highest BCUT2D eigenvalue weighted by Gasteiger charge is 2.44. The van der Waals surface area contributed by atoms with Gasteiger partial charge in [0.25, 0.3) is 0 Å². The number of aryl methyl sites for hydroxylation is 2. The molecule has 200 valence electrons. The van der Waals surface area contributed by atoms with E-state index in [-0.39, 0.29) is 11.9 Å². The minimum atomic E-state index is -1.07. The summed E-state index contributed by atoms with van der Waals surface area (Å²) < 4.78 is 0. The summed E-state index contributed by atoms with van der Waals surface area (Å²) >= 11 is 0. The number of primary amides is 1. The number of hydrogen-bond acceptors (Lipinski definition) is 6. The summed E-state index contributed by atoms with van der Waals surface area (Å²) in [6, 6.07) is 12.8. The number of amides is 1. The number of nitrogens with two attached hydrogens (primary N) is 3. The van der Waals surface area contributed by atoms with Crippen molar-refractivity contribution in [3.63, 3.8) is 0 Å². The van der Waals surface area contributed by atoms with Crippen LogP contribution < -0.4 is 22.5 Å². The van der Waals surface area contributed by atoms with E-state index >= 15 is 0 Å². The van der Waals surface area contributed by atoms with Crippen molar-refractivity contribution in [3.8, 4) is 18.4 Å². The van der Waals surface area contributed by atoms with Crippen molar-refractivity contribution in [2.75, 3.05) is 13.1 Å². The molecule has 4 rings (SSSR count). The molecule has 1 aliphatic carbocycles. The number of hydrogen-bond donors (Lipinski definition) is 5. The van der Waals surface area contributed by atoms with Gasteiger partial charge in [-0.3, -0.25) is 15.5 Å². The molecule has 8 heteroatoms. The Balaban J connectivity index is 1.78. The Labute approximate surface area is 230 Å². The van der Waals surface area contributed by atoms with Crippen LogP contribution in [0.2, 0.25) is 0 Å². The summed E-state index contributed by atoms with van der Waals surface area (Å²) in [7, 11) is 0. The summed E-state index contributed by atoms with van der Waals surface area (Å²) in [6.07, 6.45) is 9.37. The van der Waals surface area contributed by atoms with Crippen molar-refractivity contribution < 1.29 is 4.79 Å².